The van der Waals surface area contributed by atoms with E-state index in [0.717, 1.165) is 34.0 Å². The SMILES string of the molecule is CCc1cccc(C)c1NC(=O)CN(CC)S(=O)(=O)c1cc(F)ccc1OC. The van der Waals surface area contributed by atoms with Gasteiger partial charge in [-0.1, -0.05) is 32.0 Å². The van der Waals surface area contributed by atoms with E-state index in [4.69, 9.17) is 4.74 Å². The Balaban J connectivity index is 2.29. The van der Waals surface area contributed by atoms with E-state index in [9.17, 15) is 17.6 Å². The summed E-state index contributed by atoms with van der Waals surface area (Å²) in [5.41, 5.74) is 2.54. The third kappa shape index (κ3) is 4.69. The first kappa shape index (κ1) is 21.8. The number of amides is 1. The Hall–Kier alpha value is -2.45. The number of nitrogens with one attached hydrogen (secondary N) is 1. The zero-order valence-corrected chi connectivity index (χ0v) is 17.3. The fourth-order valence-corrected chi connectivity index (χ4v) is 4.47. The van der Waals surface area contributed by atoms with Crippen LogP contribution < -0.4 is 10.1 Å². The fraction of sp³-hybridized carbons (Fsp3) is 0.350. The highest BCUT2D eigenvalue weighted by Crippen LogP contribution is 2.28. The zero-order valence-electron chi connectivity index (χ0n) is 16.5. The van der Waals surface area contributed by atoms with Gasteiger partial charge in [0, 0.05) is 12.2 Å². The van der Waals surface area contributed by atoms with Gasteiger partial charge in [-0.05, 0) is 42.7 Å². The topological polar surface area (TPSA) is 75.7 Å². The summed E-state index contributed by atoms with van der Waals surface area (Å²) in [6, 6.07) is 8.95. The molecule has 0 radical (unpaired) electrons. The molecule has 2 rings (SSSR count). The molecule has 0 heterocycles. The van der Waals surface area contributed by atoms with Gasteiger partial charge in [0.1, 0.15) is 16.5 Å². The molecule has 0 aliphatic heterocycles. The highest BCUT2D eigenvalue weighted by molar-refractivity contribution is 7.89. The zero-order chi connectivity index (χ0) is 20.9. The van der Waals surface area contributed by atoms with Crippen molar-refractivity contribution in [1.29, 1.82) is 0 Å². The Labute approximate surface area is 165 Å². The summed E-state index contributed by atoms with van der Waals surface area (Å²) in [5.74, 6) is -1.15. The number of carbonyl (C=O) groups is 1. The molecular weight excluding hydrogens is 383 g/mol. The minimum atomic E-state index is -4.12. The molecule has 0 aromatic heterocycles. The number of carbonyl (C=O) groups excluding carboxylic acids is 1. The van der Waals surface area contributed by atoms with E-state index in [2.05, 4.69) is 5.32 Å². The van der Waals surface area contributed by atoms with Crippen LogP contribution in [-0.4, -0.2) is 38.8 Å². The Morgan fingerprint density at radius 2 is 1.93 bits per heavy atom. The van der Waals surface area contributed by atoms with Crippen LogP contribution in [0.25, 0.3) is 0 Å². The number of likely N-dealkylation sites (N-methyl/N-ethyl adjacent to an activating group) is 1. The maximum Gasteiger partial charge on any atom is 0.247 e. The molecule has 8 heteroatoms. The molecule has 6 nitrogen and oxygen atoms in total. The van der Waals surface area contributed by atoms with Crippen LogP contribution in [0, 0.1) is 12.7 Å². The highest BCUT2D eigenvalue weighted by atomic mass is 32.2. The minimum absolute atomic E-state index is 0.0208. The van der Waals surface area contributed by atoms with E-state index in [1.54, 1.807) is 6.92 Å². The molecule has 0 fully saturated rings. The molecule has 2 aromatic carbocycles. The van der Waals surface area contributed by atoms with Gasteiger partial charge in [0.05, 0.1) is 13.7 Å². The summed E-state index contributed by atoms with van der Waals surface area (Å²) in [5, 5.41) is 2.81. The van der Waals surface area contributed by atoms with Gasteiger partial charge in [-0.25, -0.2) is 12.8 Å². The second-order valence-corrected chi connectivity index (χ2v) is 8.14. The number of hydrogen-bond acceptors (Lipinski definition) is 4. The number of halogens is 1. The standard InChI is InChI=1S/C20H25FN2O4S/c1-5-15-9-7-8-14(3)20(15)22-19(24)13-23(6-2)28(25,26)18-12-16(21)10-11-17(18)27-4/h7-12H,5-6,13H2,1-4H3,(H,22,24). The van der Waals surface area contributed by atoms with Crippen molar-refractivity contribution in [2.24, 2.45) is 0 Å². The van der Waals surface area contributed by atoms with Crippen LogP contribution in [0.3, 0.4) is 0 Å². The maximum absolute atomic E-state index is 13.6. The Kier molecular flexibility index (Phi) is 7.15. The Morgan fingerprint density at radius 1 is 1.21 bits per heavy atom. The molecule has 0 saturated carbocycles. The van der Waals surface area contributed by atoms with Gasteiger partial charge in [-0.15, -0.1) is 0 Å². The van der Waals surface area contributed by atoms with Crippen molar-refractivity contribution >= 4 is 21.6 Å². The van der Waals surface area contributed by atoms with E-state index < -0.39 is 28.3 Å². The number of hydrogen-bond donors (Lipinski definition) is 1. The average Bonchev–Trinajstić information content (AvgIpc) is 2.67. The van der Waals surface area contributed by atoms with E-state index in [1.165, 1.54) is 13.2 Å². The van der Waals surface area contributed by atoms with Crippen LogP contribution in [0.4, 0.5) is 10.1 Å². The maximum atomic E-state index is 13.6. The third-order valence-electron chi connectivity index (χ3n) is 4.42. The summed E-state index contributed by atoms with van der Waals surface area (Å²) in [7, 11) is -2.82. The molecule has 28 heavy (non-hydrogen) atoms. The molecule has 1 N–H and O–H groups in total. The number of aryl methyl sites for hydroxylation is 2. The predicted octanol–water partition coefficient (Wildman–Crippen LogP) is 3.35. The molecule has 0 spiro atoms. The van der Waals surface area contributed by atoms with Crippen LogP contribution in [-0.2, 0) is 21.2 Å². The molecule has 0 atom stereocenters. The van der Waals surface area contributed by atoms with Gasteiger partial charge in [0.15, 0.2) is 0 Å². The predicted molar refractivity (Wildman–Crippen MR) is 107 cm³/mol. The highest BCUT2D eigenvalue weighted by Gasteiger charge is 2.29. The quantitative estimate of drug-likeness (QED) is 0.727. The number of nitrogens with zero attached hydrogens (tertiary/aromatic N) is 1. The lowest BCUT2D eigenvalue weighted by Crippen LogP contribution is -2.38. The monoisotopic (exact) mass is 408 g/mol. The number of para-hydroxylation sites is 1. The molecule has 0 unspecified atom stereocenters. The lowest BCUT2D eigenvalue weighted by Gasteiger charge is -2.22. The van der Waals surface area contributed by atoms with Crippen molar-refractivity contribution in [2.75, 3.05) is 25.5 Å². The van der Waals surface area contributed by atoms with E-state index in [1.807, 2.05) is 32.0 Å². The second kappa shape index (κ2) is 9.16. The molecule has 1 amide bonds. The van der Waals surface area contributed by atoms with Gasteiger partial charge in [0.25, 0.3) is 0 Å². The molecule has 152 valence electrons. The molecular formula is C20H25FN2O4S. The number of anilines is 1. The summed E-state index contributed by atoms with van der Waals surface area (Å²) < 4.78 is 45.6. The molecule has 0 aliphatic carbocycles. The first-order valence-electron chi connectivity index (χ1n) is 8.96. The number of methoxy groups -OCH3 is 1. The van der Waals surface area contributed by atoms with Crippen molar-refractivity contribution in [3.05, 3.63) is 53.3 Å². The number of ether oxygens (including phenoxy) is 1. The van der Waals surface area contributed by atoms with Crippen molar-refractivity contribution in [1.82, 2.24) is 4.31 Å². The second-order valence-electron chi connectivity index (χ2n) is 6.24. The number of rotatable bonds is 8. The van der Waals surface area contributed by atoms with Crippen LogP contribution >= 0.6 is 0 Å². The summed E-state index contributed by atoms with van der Waals surface area (Å²) in [6.45, 7) is 5.12. The smallest absolute Gasteiger partial charge is 0.247 e. The van der Waals surface area contributed by atoms with Gasteiger partial charge in [0.2, 0.25) is 15.9 Å². The summed E-state index contributed by atoms with van der Waals surface area (Å²) >= 11 is 0. The van der Waals surface area contributed by atoms with E-state index in [0.29, 0.717) is 5.69 Å². The fourth-order valence-electron chi connectivity index (χ4n) is 2.90. The van der Waals surface area contributed by atoms with Crippen LogP contribution in [0.2, 0.25) is 0 Å². The lowest BCUT2D eigenvalue weighted by molar-refractivity contribution is -0.116. The molecule has 0 aliphatic rings. The summed E-state index contributed by atoms with van der Waals surface area (Å²) in [6.07, 6.45) is 0.730. The van der Waals surface area contributed by atoms with Crippen LogP contribution in [0.1, 0.15) is 25.0 Å². The average molecular weight is 408 g/mol. The van der Waals surface area contributed by atoms with Crippen LogP contribution in [0.15, 0.2) is 41.3 Å². The molecule has 0 saturated heterocycles. The Bertz CT molecular complexity index is 961. The van der Waals surface area contributed by atoms with Crippen LogP contribution in [0.5, 0.6) is 5.75 Å². The van der Waals surface area contributed by atoms with E-state index >= 15 is 0 Å². The van der Waals surface area contributed by atoms with Crippen molar-refractivity contribution < 1.29 is 22.3 Å². The van der Waals surface area contributed by atoms with Gasteiger partial charge >= 0.3 is 0 Å². The first-order chi connectivity index (χ1) is 13.2. The van der Waals surface area contributed by atoms with Gasteiger partial charge < -0.3 is 10.1 Å². The summed E-state index contributed by atoms with van der Waals surface area (Å²) in [4.78, 5) is 12.3. The third-order valence-corrected chi connectivity index (χ3v) is 6.36. The van der Waals surface area contributed by atoms with Gasteiger partial charge in [-0.3, -0.25) is 4.79 Å². The van der Waals surface area contributed by atoms with Crippen molar-refractivity contribution in [3.8, 4) is 5.75 Å². The normalized spacial score (nSPS) is 11.5. The van der Waals surface area contributed by atoms with Gasteiger partial charge in [-0.2, -0.15) is 4.31 Å². The van der Waals surface area contributed by atoms with Crippen molar-refractivity contribution in [2.45, 2.75) is 32.1 Å². The first-order valence-corrected chi connectivity index (χ1v) is 10.4. The van der Waals surface area contributed by atoms with Crippen molar-refractivity contribution in [3.63, 3.8) is 0 Å². The largest absolute Gasteiger partial charge is 0.495 e. The Morgan fingerprint density at radius 3 is 2.54 bits per heavy atom. The molecule has 2 aromatic rings. The number of sulfonamides is 1. The lowest BCUT2D eigenvalue weighted by atomic mass is 10.1. The number of benzene rings is 2. The minimum Gasteiger partial charge on any atom is -0.495 e. The van der Waals surface area contributed by atoms with E-state index in [-0.39, 0.29) is 17.2 Å². The molecule has 0 bridgehead atoms.